The van der Waals surface area contributed by atoms with Gasteiger partial charge in [-0.25, -0.2) is 4.79 Å². The van der Waals surface area contributed by atoms with Crippen LogP contribution in [0.25, 0.3) is 0 Å². The van der Waals surface area contributed by atoms with Gasteiger partial charge >= 0.3 is 5.97 Å². The van der Waals surface area contributed by atoms with E-state index in [0.717, 1.165) is 37.7 Å². The van der Waals surface area contributed by atoms with Crippen molar-refractivity contribution in [3.05, 3.63) is 50.9 Å². The number of halogens is 1. The van der Waals surface area contributed by atoms with Crippen molar-refractivity contribution in [1.29, 1.82) is 0 Å². The van der Waals surface area contributed by atoms with E-state index in [2.05, 4.69) is 21.2 Å². The van der Waals surface area contributed by atoms with E-state index in [0.29, 0.717) is 26.1 Å². The van der Waals surface area contributed by atoms with Gasteiger partial charge in [-0.2, -0.15) is 0 Å². The van der Waals surface area contributed by atoms with Gasteiger partial charge in [0.25, 0.3) is 5.91 Å². The van der Waals surface area contributed by atoms with E-state index in [9.17, 15) is 9.59 Å². The molecule has 0 aliphatic carbocycles. The highest BCUT2D eigenvalue weighted by atomic mass is 35.5. The smallest absolute Gasteiger partial charge is 0.341 e. The molecular formula is C22H27ClN4O3S2. The largest absolute Gasteiger partial charge is 0.465 e. The first kappa shape index (κ1) is 24.4. The molecule has 0 bridgehead atoms. The molecule has 1 aliphatic rings. The summed E-state index contributed by atoms with van der Waals surface area (Å²) >= 11 is 12.9. The summed E-state index contributed by atoms with van der Waals surface area (Å²) in [6.45, 7) is 5.81. The number of nitrogens with zero attached hydrogens (tertiary/aromatic N) is 3. The molecule has 7 nitrogen and oxygen atoms in total. The molecule has 1 N–H and O–H groups in total. The lowest BCUT2D eigenvalue weighted by molar-refractivity contribution is 0.0601. The van der Waals surface area contributed by atoms with Gasteiger partial charge in [-0.15, -0.1) is 11.3 Å². The molecule has 1 aromatic carbocycles. The normalized spacial score (nSPS) is 14.2. The van der Waals surface area contributed by atoms with Gasteiger partial charge in [0, 0.05) is 51.8 Å². The average Bonchev–Trinajstić information content (AvgIpc) is 3.08. The fourth-order valence-corrected chi connectivity index (χ4v) is 5.31. The van der Waals surface area contributed by atoms with Crippen molar-refractivity contribution in [2.45, 2.75) is 13.5 Å². The van der Waals surface area contributed by atoms with Crippen LogP contribution in [0.5, 0.6) is 0 Å². The summed E-state index contributed by atoms with van der Waals surface area (Å²) in [5.41, 5.74) is 2.13. The number of esters is 1. The maximum Gasteiger partial charge on any atom is 0.341 e. The highest BCUT2D eigenvalue weighted by molar-refractivity contribution is 7.80. The van der Waals surface area contributed by atoms with E-state index >= 15 is 0 Å². The van der Waals surface area contributed by atoms with Gasteiger partial charge in [0.2, 0.25) is 0 Å². The highest BCUT2D eigenvalue weighted by Gasteiger charge is 2.28. The number of benzene rings is 1. The van der Waals surface area contributed by atoms with Crippen LogP contribution in [-0.2, 0) is 11.3 Å². The third-order valence-corrected chi connectivity index (χ3v) is 7.10. The standard InChI is InChI=1S/C22H27ClN4O3S2/c1-14-17(21(29)30-4)19(32-18(14)20(28)25(2)3)24-22(31)27-10-8-26(9-11-27)13-15-6-5-7-16(23)12-15/h5-7,12H,8-11,13H2,1-4H3,(H,24,31). The first-order valence-electron chi connectivity index (χ1n) is 10.2. The number of thiophene rings is 1. The summed E-state index contributed by atoms with van der Waals surface area (Å²) < 4.78 is 4.95. The summed E-state index contributed by atoms with van der Waals surface area (Å²) in [5.74, 6) is -0.653. The Morgan fingerprint density at radius 3 is 2.53 bits per heavy atom. The molecule has 1 aromatic heterocycles. The average molecular weight is 495 g/mol. The second-order valence-corrected chi connectivity index (χ2v) is 9.62. The number of amides is 1. The lowest BCUT2D eigenvalue weighted by atomic mass is 10.1. The van der Waals surface area contributed by atoms with Crippen molar-refractivity contribution in [3.8, 4) is 0 Å². The lowest BCUT2D eigenvalue weighted by Crippen LogP contribution is -2.49. The third kappa shape index (κ3) is 5.58. The quantitative estimate of drug-likeness (QED) is 0.502. The molecule has 1 aliphatic heterocycles. The van der Waals surface area contributed by atoms with Gasteiger partial charge in [-0.05, 0) is 42.4 Å². The summed E-state index contributed by atoms with van der Waals surface area (Å²) in [4.78, 5) is 31.4. The maximum atomic E-state index is 12.5. The van der Waals surface area contributed by atoms with Crippen LogP contribution >= 0.6 is 35.2 Å². The molecule has 3 rings (SSSR count). The zero-order valence-corrected chi connectivity index (χ0v) is 21.0. The molecular weight excluding hydrogens is 468 g/mol. The second-order valence-electron chi connectivity index (χ2n) is 7.77. The summed E-state index contributed by atoms with van der Waals surface area (Å²) in [7, 11) is 4.69. The van der Waals surface area contributed by atoms with E-state index in [1.54, 1.807) is 21.0 Å². The maximum absolute atomic E-state index is 12.5. The Morgan fingerprint density at radius 1 is 1.25 bits per heavy atom. The van der Waals surface area contributed by atoms with Crippen molar-refractivity contribution in [2.75, 3.05) is 52.7 Å². The van der Waals surface area contributed by atoms with Gasteiger partial charge in [0.05, 0.1) is 17.6 Å². The Labute approximate surface area is 202 Å². The van der Waals surface area contributed by atoms with Crippen LogP contribution < -0.4 is 5.32 Å². The van der Waals surface area contributed by atoms with Gasteiger partial charge in [-0.3, -0.25) is 9.69 Å². The number of piperazine rings is 1. The van der Waals surface area contributed by atoms with Gasteiger partial charge in [-0.1, -0.05) is 23.7 Å². The number of hydrogen-bond donors (Lipinski definition) is 1. The minimum absolute atomic E-state index is 0.161. The molecule has 0 atom stereocenters. The monoisotopic (exact) mass is 494 g/mol. The number of methoxy groups -OCH3 is 1. The Kier molecular flexibility index (Phi) is 8.10. The van der Waals surface area contributed by atoms with Crippen molar-refractivity contribution in [1.82, 2.24) is 14.7 Å². The van der Waals surface area contributed by atoms with E-state index in [1.165, 1.54) is 28.9 Å². The number of carbonyl (C=O) groups is 2. The van der Waals surface area contributed by atoms with Crippen LogP contribution in [0.15, 0.2) is 24.3 Å². The molecule has 0 unspecified atom stereocenters. The SMILES string of the molecule is COC(=O)c1c(NC(=S)N2CCN(Cc3cccc(Cl)c3)CC2)sc(C(=O)N(C)C)c1C. The fourth-order valence-electron chi connectivity index (χ4n) is 3.54. The molecule has 2 heterocycles. The summed E-state index contributed by atoms with van der Waals surface area (Å²) in [5, 5.41) is 5.00. The van der Waals surface area contributed by atoms with Crippen molar-refractivity contribution < 1.29 is 14.3 Å². The minimum atomic E-state index is -0.492. The van der Waals surface area contributed by atoms with Gasteiger partial charge in [0.1, 0.15) is 5.00 Å². The van der Waals surface area contributed by atoms with E-state index in [4.69, 9.17) is 28.6 Å². The number of carbonyl (C=O) groups excluding carboxylic acids is 2. The Balaban J connectivity index is 1.67. The second kappa shape index (κ2) is 10.6. The van der Waals surface area contributed by atoms with Crippen molar-refractivity contribution >= 4 is 57.1 Å². The first-order valence-corrected chi connectivity index (χ1v) is 11.8. The first-order chi connectivity index (χ1) is 15.2. The van der Waals surface area contributed by atoms with Crippen molar-refractivity contribution in [3.63, 3.8) is 0 Å². The van der Waals surface area contributed by atoms with E-state index in [-0.39, 0.29) is 5.91 Å². The molecule has 2 aromatic rings. The molecule has 10 heteroatoms. The van der Waals surface area contributed by atoms with Crippen LogP contribution in [-0.4, -0.2) is 79.1 Å². The van der Waals surface area contributed by atoms with Crippen LogP contribution in [0.4, 0.5) is 5.00 Å². The number of anilines is 1. The highest BCUT2D eigenvalue weighted by Crippen LogP contribution is 2.34. The number of nitrogens with one attached hydrogen (secondary N) is 1. The Bertz CT molecular complexity index is 1020. The molecule has 172 valence electrons. The fraction of sp³-hybridized carbons (Fsp3) is 0.409. The summed E-state index contributed by atoms with van der Waals surface area (Å²) in [6.07, 6.45) is 0. The number of thiocarbonyl (C=S) groups is 1. The van der Waals surface area contributed by atoms with Crippen LogP contribution in [0.2, 0.25) is 5.02 Å². The zero-order chi connectivity index (χ0) is 23.4. The topological polar surface area (TPSA) is 65.1 Å². The van der Waals surface area contributed by atoms with Crippen LogP contribution in [0, 0.1) is 6.92 Å². The predicted molar refractivity (Wildman–Crippen MR) is 133 cm³/mol. The molecule has 1 amide bonds. The van der Waals surface area contributed by atoms with Gasteiger partial charge < -0.3 is 19.9 Å². The van der Waals surface area contributed by atoms with Gasteiger partial charge in [0.15, 0.2) is 5.11 Å². The lowest BCUT2D eigenvalue weighted by Gasteiger charge is -2.36. The summed E-state index contributed by atoms with van der Waals surface area (Å²) in [6, 6.07) is 7.90. The Hall–Kier alpha value is -2.20. The van der Waals surface area contributed by atoms with Crippen LogP contribution in [0.3, 0.4) is 0 Å². The molecule has 1 saturated heterocycles. The third-order valence-electron chi connectivity index (χ3n) is 5.31. The van der Waals surface area contributed by atoms with Crippen LogP contribution in [0.1, 0.15) is 31.2 Å². The number of hydrogen-bond acceptors (Lipinski definition) is 6. The zero-order valence-electron chi connectivity index (χ0n) is 18.6. The molecule has 0 radical (unpaired) electrons. The van der Waals surface area contributed by atoms with E-state index < -0.39 is 5.97 Å². The van der Waals surface area contributed by atoms with Crippen molar-refractivity contribution in [2.24, 2.45) is 0 Å². The predicted octanol–water partition coefficient (Wildman–Crippen LogP) is 3.71. The molecule has 0 spiro atoms. The number of rotatable bonds is 5. The number of ether oxygens (including phenoxy) is 1. The molecule has 32 heavy (non-hydrogen) atoms. The minimum Gasteiger partial charge on any atom is -0.465 e. The molecule has 0 saturated carbocycles. The molecule has 1 fully saturated rings. The van der Waals surface area contributed by atoms with E-state index in [1.807, 2.05) is 18.2 Å². The Morgan fingerprint density at radius 2 is 1.94 bits per heavy atom.